The standard InChI is InChI=1S/C19H20N6O2S/c1-5-27-14-7-6-8-15-17(14)21-19(28-15)25-16(9-11(2)22-25)20-18(26)13-10-12(3)24(4)23-13/h6-10H,5H2,1-4H3,(H,20,26). The highest BCUT2D eigenvalue weighted by Crippen LogP contribution is 2.32. The molecule has 0 radical (unpaired) electrons. The molecule has 3 aromatic heterocycles. The van der Waals surface area contributed by atoms with E-state index in [0.717, 1.165) is 27.4 Å². The maximum absolute atomic E-state index is 12.6. The van der Waals surface area contributed by atoms with E-state index in [-0.39, 0.29) is 5.91 Å². The lowest BCUT2D eigenvalue weighted by Crippen LogP contribution is -2.16. The average molecular weight is 396 g/mol. The SMILES string of the molecule is CCOc1cccc2sc(-n3nc(C)cc3NC(=O)c3cc(C)n(C)n3)nc12. The van der Waals surface area contributed by atoms with E-state index < -0.39 is 0 Å². The third-order valence-electron chi connectivity index (χ3n) is 4.27. The highest BCUT2D eigenvalue weighted by Gasteiger charge is 2.18. The Kier molecular flexibility index (Phi) is 4.60. The molecule has 0 fully saturated rings. The fourth-order valence-electron chi connectivity index (χ4n) is 2.86. The number of para-hydroxylation sites is 1. The molecule has 0 unspecified atom stereocenters. The molecule has 0 saturated heterocycles. The molecule has 28 heavy (non-hydrogen) atoms. The van der Waals surface area contributed by atoms with Gasteiger partial charge in [-0.05, 0) is 39.0 Å². The number of nitrogens with one attached hydrogen (secondary N) is 1. The zero-order valence-electron chi connectivity index (χ0n) is 16.1. The van der Waals surface area contributed by atoms with Crippen LogP contribution in [0.15, 0.2) is 30.3 Å². The molecule has 0 atom stereocenters. The molecule has 1 aromatic carbocycles. The summed E-state index contributed by atoms with van der Waals surface area (Å²) in [6, 6.07) is 9.38. The lowest BCUT2D eigenvalue weighted by molar-refractivity contribution is 0.102. The molecule has 0 aliphatic rings. The second-order valence-corrected chi connectivity index (χ2v) is 7.37. The zero-order chi connectivity index (χ0) is 19.8. The molecule has 4 rings (SSSR count). The normalized spacial score (nSPS) is 11.1. The first-order chi connectivity index (χ1) is 13.5. The number of fused-ring (bicyclic) bond motifs is 1. The van der Waals surface area contributed by atoms with Gasteiger partial charge in [-0.3, -0.25) is 9.48 Å². The molecule has 9 heteroatoms. The van der Waals surface area contributed by atoms with Crippen LogP contribution in [-0.4, -0.2) is 37.1 Å². The van der Waals surface area contributed by atoms with Crippen LogP contribution in [0.5, 0.6) is 5.75 Å². The van der Waals surface area contributed by atoms with E-state index in [0.29, 0.717) is 23.3 Å². The van der Waals surface area contributed by atoms with Crippen molar-refractivity contribution in [3.05, 3.63) is 47.4 Å². The predicted octanol–water partition coefficient (Wildman–Crippen LogP) is 3.48. The van der Waals surface area contributed by atoms with E-state index in [1.165, 1.54) is 11.3 Å². The minimum Gasteiger partial charge on any atom is -0.492 e. The van der Waals surface area contributed by atoms with Gasteiger partial charge in [-0.15, -0.1) is 0 Å². The Labute approximate surface area is 165 Å². The highest BCUT2D eigenvalue weighted by atomic mass is 32.1. The van der Waals surface area contributed by atoms with Crippen molar-refractivity contribution in [1.29, 1.82) is 0 Å². The molecule has 144 valence electrons. The number of hydrogen-bond donors (Lipinski definition) is 1. The van der Waals surface area contributed by atoms with Crippen LogP contribution in [0.25, 0.3) is 15.3 Å². The van der Waals surface area contributed by atoms with Crippen molar-refractivity contribution in [2.24, 2.45) is 7.05 Å². The molecule has 0 aliphatic heterocycles. The minimum absolute atomic E-state index is 0.291. The van der Waals surface area contributed by atoms with Crippen molar-refractivity contribution in [2.75, 3.05) is 11.9 Å². The molecule has 8 nitrogen and oxygen atoms in total. The monoisotopic (exact) mass is 396 g/mol. The predicted molar refractivity (Wildman–Crippen MR) is 109 cm³/mol. The number of carbonyl (C=O) groups excluding carboxylic acids is 1. The molecule has 0 spiro atoms. The summed E-state index contributed by atoms with van der Waals surface area (Å²) in [5.41, 5.74) is 2.82. The quantitative estimate of drug-likeness (QED) is 0.558. The molecule has 1 N–H and O–H groups in total. The number of ether oxygens (including phenoxy) is 1. The van der Waals surface area contributed by atoms with Gasteiger partial charge in [-0.2, -0.15) is 14.9 Å². The Bertz CT molecular complexity index is 1150. The summed E-state index contributed by atoms with van der Waals surface area (Å²) in [4.78, 5) is 17.3. The number of amides is 1. The van der Waals surface area contributed by atoms with Crippen LogP contribution in [0, 0.1) is 13.8 Å². The summed E-state index contributed by atoms with van der Waals surface area (Å²) in [5, 5.41) is 12.3. The largest absolute Gasteiger partial charge is 0.492 e. The fraction of sp³-hybridized carbons (Fsp3) is 0.263. The van der Waals surface area contributed by atoms with E-state index in [9.17, 15) is 4.79 Å². The molecular formula is C19H20N6O2S. The van der Waals surface area contributed by atoms with Gasteiger partial charge < -0.3 is 10.1 Å². The van der Waals surface area contributed by atoms with E-state index >= 15 is 0 Å². The Morgan fingerprint density at radius 1 is 1.25 bits per heavy atom. The molecule has 0 aliphatic carbocycles. The first kappa shape index (κ1) is 18.2. The van der Waals surface area contributed by atoms with Gasteiger partial charge in [-0.1, -0.05) is 17.4 Å². The van der Waals surface area contributed by atoms with Gasteiger partial charge in [0, 0.05) is 18.8 Å². The van der Waals surface area contributed by atoms with E-state index in [4.69, 9.17) is 9.72 Å². The first-order valence-electron chi connectivity index (χ1n) is 8.87. The van der Waals surface area contributed by atoms with Crippen molar-refractivity contribution in [1.82, 2.24) is 24.5 Å². The first-order valence-corrected chi connectivity index (χ1v) is 9.69. The van der Waals surface area contributed by atoms with Crippen molar-refractivity contribution in [2.45, 2.75) is 20.8 Å². The van der Waals surface area contributed by atoms with E-state index in [2.05, 4.69) is 15.5 Å². The number of carbonyl (C=O) groups is 1. The summed E-state index contributed by atoms with van der Waals surface area (Å²) in [6.07, 6.45) is 0. The van der Waals surface area contributed by atoms with Gasteiger partial charge in [0.25, 0.3) is 5.91 Å². The lowest BCUT2D eigenvalue weighted by atomic mass is 10.3. The number of anilines is 1. The summed E-state index contributed by atoms with van der Waals surface area (Å²) >= 11 is 1.49. The third kappa shape index (κ3) is 3.24. The van der Waals surface area contributed by atoms with Gasteiger partial charge in [0.1, 0.15) is 17.1 Å². The van der Waals surface area contributed by atoms with Crippen molar-refractivity contribution < 1.29 is 9.53 Å². The highest BCUT2D eigenvalue weighted by molar-refractivity contribution is 7.20. The fourth-order valence-corrected chi connectivity index (χ4v) is 3.81. The Morgan fingerprint density at radius 2 is 2.07 bits per heavy atom. The number of aromatic nitrogens is 5. The van der Waals surface area contributed by atoms with E-state index in [1.807, 2.05) is 45.0 Å². The summed E-state index contributed by atoms with van der Waals surface area (Å²) in [5.74, 6) is 0.990. The molecule has 0 saturated carbocycles. The topological polar surface area (TPSA) is 86.9 Å². The summed E-state index contributed by atoms with van der Waals surface area (Å²) in [6.45, 7) is 6.28. The summed E-state index contributed by atoms with van der Waals surface area (Å²) in [7, 11) is 1.80. The number of benzene rings is 1. The molecule has 0 bridgehead atoms. The van der Waals surface area contributed by atoms with Gasteiger partial charge in [0.2, 0.25) is 5.13 Å². The van der Waals surface area contributed by atoms with Crippen LogP contribution in [0.2, 0.25) is 0 Å². The minimum atomic E-state index is -0.291. The van der Waals surface area contributed by atoms with Gasteiger partial charge in [-0.25, -0.2) is 4.98 Å². The van der Waals surface area contributed by atoms with Crippen LogP contribution < -0.4 is 10.1 Å². The van der Waals surface area contributed by atoms with Crippen LogP contribution in [0.3, 0.4) is 0 Å². The molecule has 4 aromatic rings. The molecular weight excluding hydrogens is 376 g/mol. The van der Waals surface area contributed by atoms with Crippen LogP contribution in [0.1, 0.15) is 28.8 Å². The number of aryl methyl sites for hydroxylation is 3. The van der Waals surface area contributed by atoms with Crippen molar-refractivity contribution >= 4 is 33.3 Å². The third-order valence-corrected chi connectivity index (χ3v) is 5.27. The van der Waals surface area contributed by atoms with Gasteiger partial charge in [0.05, 0.1) is 17.0 Å². The van der Waals surface area contributed by atoms with Crippen LogP contribution in [0.4, 0.5) is 5.82 Å². The maximum Gasteiger partial charge on any atom is 0.277 e. The number of thiazole rings is 1. The lowest BCUT2D eigenvalue weighted by Gasteiger charge is -2.05. The van der Waals surface area contributed by atoms with Gasteiger partial charge in [0.15, 0.2) is 5.69 Å². The average Bonchev–Trinajstić information content (AvgIpc) is 3.33. The Morgan fingerprint density at radius 3 is 2.79 bits per heavy atom. The number of hydrogen-bond acceptors (Lipinski definition) is 6. The number of nitrogens with zero attached hydrogens (tertiary/aromatic N) is 5. The van der Waals surface area contributed by atoms with Crippen LogP contribution in [-0.2, 0) is 7.05 Å². The summed E-state index contributed by atoms with van der Waals surface area (Å²) < 4.78 is 9.98. The van der Waals surface area contributed by atoms with Gasteiger partial charge >= 0.3 is 0 Å². The second kappa shape index (κ2) is 7.08. The number of rotatable bonds is 5. The smallest absolute Gasteiger partial charge is 0.277 e. The Balaban J connectivity index is 1.71. The second-order valence-electron chi connectivity index (χ2n) is 6.36. The van der Waals surface area contributed by atoms with Crippen molar-refractivity contribution in [3.8, 4) is 10.9 Å². The molecule has 1 amide bonds. The molecule has 3 heterocycles. The van der Waals surface area contributed by atoms with Crippen molar-refractivity contribution in [3.63, 3.8) is 0 Å². The van der Waals surface area contributed by atoms with E-state index in [1.54, 1.807) is 22.5 Å². The maximum atomic E-state index is 12.6. The van der Waals surface area contributed by atoms with Crippen LogP contribution >= 0.6 is 11.3 Å². The Hall–Kier alpha value is -3.20. The zero-order valence-corrected chi connectivity index (χ0v) is 16.9.